The van der Waals surface area contributed by atoms with Gasteiger partial charge in [0.25, 0.3) is 0 Å². The Morgan fingerprint density at radius 2 is 1.90 bits per heavy atom. The number of carbonyl (C=O) groups is 1. The van der Waals surface area contributed by atoms with Crippen LogP contribution in [0, 0.1) is 5.92 Å². The number of aliphatic carboxylic acids is 1. The summed E-state index contributed by atoms with van der Waals surface area (Å²) >= 11 is 0. The van der Waals surface area contributed by atoms with Crippen LogP contribution in [-0.4, -0.2) is 49.9 Å². The molecule has 1 N–H and O–H groups in total. The maximum absolute atomic E-state index is 11.7. The maximum Gasteiger partial charge on any atom is 0.307 e. The molecule has 3 rings (SSSR count). The van der Waals surface area contributed by atoms with Gasteiger partial charge in [-0.2, -0.15) is 0 Å². The van der Waals surface area contributed by atoms with Crippen molar-refractivity contribution < 1.29 is 24.1 Å². The fourth-order valence-electron chi connectivity index (χ4n) is 4.04. The van der Waals surface area contributed by atoms with Gasteiger partial charge in [-0.1, -0.05) is 18.2 Å². The summed E-state index contributed by atoms with van der Waals surface area (Å²) in [7, 11) is 3.26. The van der Waals surface area contributed by atoms with Gasteiger partial charge in [0, 0.05) is 23.7 Å². The molecule has 6 heteroatoms. The van der Waals surface area contributed by atoms with Crippen molar-refractivity contribution >= 4 is 5.97 Å². The lowest BCUT2D eigenvalue weighted by Gasteiger charge is -2.38. The van der Waals surface area contributed by atoms with Gasteiger partial charge >= 0.3 is 5.97 Å². The quantitative estimate of drug-likeness (QED) is 0.724. The summed E-state index contributed by atoms with van der Waals surface area (Å²) in [5, 5.41) is 9.59. The molecular weight excluding hydrogens is 370 g/mol. The molecule has 1 fully saturated rings. The molecule has 0 saturated carbocycles. The summed E-state index contributed by atoms with van der Waals surface area (Å²) in [6.45, 7) is 3.81. The molecule has 1 aliphatic heterocycles. The Labute approximate surface area is 172 Å². The Kier molecular flexibility index (Phi) is 6.99. The zero-order valence-corrected chi connectivity index (χ0v) is 17.3. The SMILES string of the molecule is CCOc1ccccc1C(c1ccc(OC)cc1OC)N1CCCC(C(=O)O)C1. The van der Waals surface area contributed by atoms with Crippen LogP contribution in [-0.2, 0) is 4.79 Å². The van der Waals surface area contributed by atoms with E-state index in [-0.39, 0.29) is 12.0 Å². The van der Waals surface area contributed by atoms with Crippen LogP contribution >= 0.6 is 0 Å². The number of piperidine rings is 1. The first-order chi connectivity index (χ1) is 14.1. The average molecular weight is 399 g/mol. The van der Waals surface area contributed by atoms with Crippen molar-refractivity contribution in [2.75, 3.05) is 33.9 Å². The van der Waals surface area contributed by atoms with E-state index >= 15 is 0 Å². The van der Waals surface area contributed by atoms with Crippen LogP contribution in [0.4, 0.5) is 0 Å². The van der Waals surface area contributed by atoms with Gasteiger partial charge in [0.05, 0.1) is 32.8 Å². The summed E-state index contributed by atoms with van der Waals surface area (Å²) in [6.07, 6.45) is 1.54. The fraction of sp³-hybridized carbons (Fsp3) is 0.435. The lowest BCUT2D eigenvalue weighted by atomic mass is 9.90. The Hall–Kier alpha value is -2.73. The molecule has 156 valence electrons. The Morgan fingerprint density at radius 3 is 2.59 bits per heavy atom. The molecule has 2 atom stereocenters. The predicted molar refractivity (Wildman–Crippen MR) is 111 cm³/mol. The normalized spacial score (nSPS) is 18.1. The average Bonchev–Trinajstić information content (AvgIpc) is 2.75. The minimum atomic E-state index is -0.742. The highest BCUT2D eigenvalue weighted by Gasteiger charge is 2.34. The van der Waals surface area contributed by atoms with E-state index in [0.29, 0.717) is 31.1 Å². The summed E-state index contributed by atoms with van der Waals surface area (Å²) in [6, 6.07) is 13.5. The molecule has 2 aromatic rings. The van der Waals surface area contributed by atoms with Gasteiger partial charge in [-0.15, -0.1) is 0 Å². The van der Waals surface area contributed by atoms with Crippen molar-refractivity contribution in [3.05, 3.63) is 53.6 Å². The molecule has 0 spiro atoms. The number of nitrogens with zero attached hydrogens (tertiary/aromatic N) is 1. The third-order valence-electron chi connectivity index (χ3n) is 5.42. The first-order valence-electron chi connectivity index (χ1n) is 9.99. The molecule has 6 nitrogen and oxygen atoms in total. The van der Waals surface area contributed by atoms with Crippen LogP contribution in [0.2, 0.25) is 0 Å². The molecule has 0 bridgehead atoms. The summed E-state index contributed by atoms with van der Waals surface area (Å²) in [5.41, 5.74) is 1.97. The van der Waals surface area contributed by atoms with Gasteiger partial charge in [-0.3, -0.25) is 9.69 Å². The number of ether oxygens (including phenoxy) is 3. The number of methoxy groups -OCH3 is 2. The first-order valence-corrected chi connectivity index (χ1v) is 9.99. The minimum Gasteiger partial charge on any atom is -0.497 e. The fourth-order valence-corrected chi connectivity index (χ4v) is 4.04. The van der Waals surface area contributed by atoms with Crippen molar-refractivity contribution in [1.82, 2.24) is 4.90 Å². The van der Waals surface area contributed by atoms with E-state index in [9.17, 15) is 9.90 Å². The number of likely N-dealkylation sites (tertiary alicyclic amines) is 1. The van der Waals surface area contributed by atoms with Gasteiger partial charge in [0.1, 0.15) is 17.2 Å². The molecule has 2 aromatic carbocycles. The molecular formula is C23H29NO5. The molecule has 2 unspecified atom stereocenters. The van der Waals surface area contributed by atoms with Crippen LogP contribution in [0.3, 0.4) is 0 Å². The largest absolute Gasteiger partial charge is 0.497 e. The number of hydrogen-bond acceptors (Lipinski definition) is 5. The highest BCUT2D eigenvalue weighted by molar-refractivity contribution is 5.70. The first kappa shape index (κ1) is 21.0. The number of benzene rings is 2. The van der Waals surface area contributed by atoms with E-state index in [1.54, 1.807) is 14.2 Å². The summed E-state index contributed by atoms with van der Waals surface area (Å²) in [5.74, 6) is 1.10. The number of para-hydroxylation sites is 1. The van der Waals surface area contributed by atoms with Crippen molar-refractivity contribution in [3.63, 3.8) is 0 Å². The van der Waals surface area contributed by atoms with E-state index < -0.39 is 5.97 Å². The highest BCUT2D eigenvalue weighted by atomic mass is 16.5. The van der Waals surface area contributed by atoms with Crippen LogP contribution in [0.1, 0.15) is 36.9 Å². The lowest BCUT2D eigenvalue weighted by Crippen LogP contribution is -2.41. The number of hydrogen-bond donors (Lipinski definition) is 1. The van der Waals surface area contributed by atoms with Crippen LogP contribution in [0.15, 0.2) is 42.5 Å². The molecule has 1 heterocycles. The lowest BCUT2D eigenvalue weighted by molar-refractivity contribution is -0.143. The Balaban J connectivity index is 2.11. The van der Waals surface area contributed by atoms with E-state index in [1.165, 1.54) is 0 Å². The van der Waals surface area contributed by atoms with Crippen LogP contribution < -0.4 is 14.2 Å². The number of rotatable bonds is 8. The van der Waals surface area contributed by atoms with Gasteiger partial charge in [-0.25, -0.2) is 0 Å². The number of carboxylic acid groups (broad SMARTS) is 1. The highest BCUT2D eigenvalue weighted by Crippen LogP contribution is 2.41. The van der Waals surface area contributed by atoms with E-state index in [1.807, 2.05) is 49.4 Å². The monoisotopic (exact) mass is 399 g/mol. The van der Waals surface area contributed by atoms with Crippen molar-refractivity contribution in [3.8, 4) is 17.2 Å². The smallest absolute Gasteiger partial charge is 0.307 e. The Morgan fingerprint density at radius 1 is 1.14 bits per heavy atom. The van der Waals surface area contributed by atoms with E-state index in [4.69, 9.17) is 14.2 Å². The van der Waals surface area contributed by atoms with E-state index in [0.717, 1.165) is 29.8 Å². The molecule has 1 aliphatic rings. The zero-order valence-electron chi connectivity index (χ0n) is 17.3. The summed E-state index contributed by atoms with van der Waals surface area (Å²) in [4.78, 5) is 13.9. The maximum atomic E-state index is 11.7. The van der Waals surface area contributed by atoms with Gasteiger partial charge < -0.3 is 19.3 Å². The minimum absolute atomic E-state index is 0.180. The second-order valence-corrected chi connectivity index (χ2v) is 7.15. The predicted octanol–water partition coefficient (Wildman–Crippen LogP) is 3.99. The van der Waals surface area contributed by atoms with E-state index in [2.05, 4.69) is 4.90 Å². The third-order valence-corrected chi connectivity index (χ3v) is 5.42. The molecule has 1 saturated heterocycles. The molecule has 0 radical (unpaired) electrons. The van der Waals surface area contributed by atoms with Gasteiger partial charge in [-0.05, 0) is 44.5 Å². The zero-order chi connectivity index (χ0) is 20.8. The standard InChI is InChI=1S/C23H29NO5/c1-4-29-20-10-6-5-9-18(20)22(24-13-7-8-16(15-24)23(25)26)19-12-11-17(27-2)14-21(19)28-3/h5-6,9-12,14,16,22H,4,7-8,13,15H2,1-3H3,(H,25,26). The van der Waals surface area contributed by atoms with Gasteiger partial charge in [0.2, 0.25) is 0 Å². The topological polar surface area (TPSA) is 68.2 Å². The van der Waals surface area contributed by atoms with Crippen molar-refractivity contribution in [1.29, 1.82) is 0 Å². The van der Waals surface area contributed by atoms with Crippen molar-refractivity contribution in [2.24, 2.45) is 5.92 Å². The van der Waals surface area contributed by atoms with Gasteiger partial charge in [0.15, 0.2) is 0 Å². The third kappa shape index (κ3) is 4.65. The van der Waals surface area contributed by atoms with Crippen molar-refractivity contribution in [2.45, 2.75) is 25.8 Å². The van der Waals surface area contributed by atoms with Crippen LogP contribution in [0.5, 0.6) is 17.2 Å². The molecule has 0 amide bonds. The molecule has 29 heavy (non-hydrogen) atoms. The number of carboxylic acids is 1. The second-order valence-electron chi connectivity index (χ2n) is 7.15. The summed E-state index contributed by atoms with van der Waals surface area (Å²) < 4.78 is 17.0. The second kappa shape index (κ2) is 9.65. The van der Waals surface area contributed by atoms with Crippen LogP contribution in [0.25, 0.3) is 0 Å². The molecule has 0 aliphatic carbocycles. The Bertz CT molecular complexity index is 838. The molecule has 0 aromatic heterocycles.